The standard InChI is InChI=1S/C23H27FN2O2.ClH/c1-25-15-20(27)21(16-8-4-2-5-9-16)26-19-11-10-17(24)14-18(19)23(22(26)28)12-6-3-7-13-23;/h2,4-5,8-11,14,20-21,25,27H,3,6-7,12-13,15H2,1H3;1H/t20-,21+;/m1./s1. The Kier molecular flexibility index (Phi) is 6.62. The van der Waals surface area contributed by atoms with E-state index >= 15 is 0 Å². The molecule has 2 aromatic carbocycles. The first kappa shape index (κ1) is 21.8. The minimum absolute atomic E-state index is 0. The van der Waals surface area contributed by atoms with Gasteiger partial charge in [-0.25, -0.2) is 4.39 Å². The average molecular weight is 419 g/mol. The molecule has 2 aromatic rings. The lowest BCUT2D eigenvalue weighted by atomic mass is 9.70. The summed E-state index contributed by atoms with van der Waals surface area (Å²) >= 11 is 0. The second kappa shape index (κ2) is 8.82. The predicted molar refractivity (Wildman–Crippen MR) is 115 cm³/mol. The maximum atomic E-state index is 14.2. The number of hydrogen-bond donors (Lipinski definition) is 2. The largest absolute Gasteiger partial charge is 0.389 e. The summed E-state index contributed by atoms with van der Waals surface area (Å²) in [6.07, 6.45) is 3.72. The molecule has 1 spiro atoms. The molecule has 0 radical (unpaired) electrons. The van der Waals surface area contributed by atoms with Crippen LogP contribution in [-0.2, 0) is 10.2 Å². The third-order valence-corrected chi connectivity index (χ3v) is 6.27. The van der Waals surface area contributed by atoms with E-state index in [2.05, 4.69) is 5.32 Å². The molecule has 0 aromatic heterocycles. The van der Waals surface area contributed by atoms with E-state index in [9.17, 15) is 14.3 Å². The smallest absolute Gasteiger partial charge is 0.238 e. The predicted octanol–water partition coefficient (Wildman–Crippen LogP) is 4.12. The summed E-state index contributed by atoms with van der Waals surface area (Å²) in [5.41, 5.74) is 1.73. The Balaban J connectivity index is 0.00000240. The molecule has 0 unspecified atom stereocenters. The first-order chi connectivity index (χ1) is 13.6. The molecule has 6 heteroatoms. The number of anilines is 1. The fourth-order valence-electron chi connectivity index (χ4n) is 4.99. The highest BCUT2D eigenvalue weighted by molar-refractivity contribution is 6.08. The summed E-state index contributed by atoms with van der Waals surface area (Å²) in [6, 6.07) is 13.7. The molecule has 4 nitrogen and oxygen atoms in total. The highest BCUT2D eigenvalue weighted by Crippen LogP contribution is 2.52. The molecule has 2 atom stereocenters. The molecule has 2 aliphatic rings. The Labute approximate surface area is 177 Å². The molecule has 1 aliphatic heterocycles. The van der Waals surface area contributed by atoms with Crippen molar-refractivity contribution in [2.75, 3.05) is 18.5 Å². The number of fused-ring (bicyclic) bond motifs is 2. The van der Waals surface area contributed by atoms with Gasteiger partial charge in [-0.05, 0) is 49.2 Å². The molecule has 1 heterocycles. The van der Waals surface area contributed by atoms with Crippen LogP contribution in [0.1, 0.15) is 49.3 Å². The quantitative estimate of drug-likeness (QED) is 0.768. The maximum Gasteiger partial charge on any atom is 0.238 e. The summed E-state index contributed by atoms with van der Waals surface area (Å²) in [4.78, 5) is 15.6. The average Bonchev–Trinajstić information content (AvgIpc) is 2.93. The van der Waals surface area contributed by atoms with Gasteiger partial charge in [0.2, 0.25) is 5.91 Å². The van der Waals surface area contributed by atoms with Gasteiger partial charge in [-0.1, -0.05) is 49.6 Å². The number of carbonyl (C=O) groups is 1. The SMILES string of the molecule is CNC[C@@H](O)[C@H](c1ccccc1)N1C(=O)C2(CCCCC2)c2cc(F)ccc21.Cl. The number of rotatable bonds is 5. The normalized spacial score (nSPS) is 19.6. The zero-order chi connectivity index (χ0) is 19.7. The van der Waals surface area contributed by atoms with Crippen LogP contribution in [0.3, 0.4) is 0 Å². The van der Waals surface area contributed by atoms with Gasteiger partial charge in [-0.2, -0.15) is 0 Å². The molecule has 4 rings (SSSR count). The summed E-state index contributed by atoms with van der Waals surface area (Å²) < 4.78 is 14.2. The van der Waals surface area contributed by atoms with Crippen LogP contribution in [-0.4, -0.2) is 30.7 Å². The van der Waals surface area contributed by atoms with Gasteiger partial charge in [0.25, 0.3) is 0 Å². The van der Waals surface area contributed by atoms with Crippen molar-refractivity contribution in [3.63, 3.8) is 0 Å². The molecule has 1 aliphatic carbocycles. The highest BCUT2D eigenvalue weighted by atomic mass is 35.5. The molecule has 0 saturated heterocycles. The Morgan fingerprint density at radius 3 is 2.48 bits per heavy atom. The second-order valence-electron chi connectivity index (χ2n) is 7.96. The zero-order valence-electron chi connectivity index (χ0n) is 16.6. The molecule has 29 heavy (non-hydrogen) atoms. The number of hydrogen-bond acceptors (Lipinski definition) is 3. The first-order valence-corrected chi connectivity index (χ1v) is 10.1. The van der Waals surface area contributed by atoms with Gasteiger partial charge in [0.15, 0.2) is 0 Å². The Morgan fingerprint density at radius 1 is 1.14 bits per heavy atom. The third-order valence-electron chi connectivity index (χ3n) is 6.27. The number of amides is 1. The van der Waals surface area contributed by atoms with E-state index in [1.807, 2.05) is 30.3 Å². The fourth-order valence-corrected chi connectivity index (χ4v) is 4.99. The van der Waals surface area contributed by atoms with Gasteiger partial charge >= 0.3 is 0 Å². The molecule has 1 saturated carbocycles. The molecule has 1 fully saturated rings. The molecule has 0 bridgehead atoms. The van der Waals surface area contributed by atoms with Crippen molar-refractivity contribution >= 4 is 24.0 Å². The minimum Gasteiger partial charge on any atom is -0.389 e. The fraction of sp³-hybridized carbons (Fsp3) is 0.435. The Morgan fingerprint density at radius 2 is 1.83 bits per heavy atom. The van der Waals surface area contributed by atoms with Gasteiger partial charge in [0.1, 0.15) is 5.82 Å². The lowest BCUT2D eigenvalue weighted by molar-refractivity contribution is -0.125. The van der Waals surface area contributed by atoms with Crippen molar-refractivity contribution in [3.05, 3.63) is 65.5 Å². The van der Waals surface area contributed by atoms with E-state index in [1.165, 1.54) is 12.1 Å². The maximum absolute atomic E-state index is 14.2. The summed E-state index contributed by atoms with van der Waals surface area (Å²) in [5, 5.41) is 14.0. The summed E-state index contributed by atoms with van der Waals surface area (Å²) in [7, 11) is 1.78. The van der Waals surface area contributed by atoms with E-state index in [-0.39, 0.29) is 24.1 Å². The molecule has 2 N–H and O–H groups in total. The van der Waals surface area contributed by atoms with Crippen LogP contribution in [0, 0.1) is 5.82 Å². The van der Waals surface area contributed by atoms with E-state index in [0.29, 0.717) is 6.54 Å². The first-order valence-electron chi connectivity index (χ1n) is 10.1. The lowest BCUT2D eigenvalue weighted by Gasteiger charge is -2.36. The van der Waals surface area contributed by atoms with Gasteiger partial charge in [0, 0.05) is 12.2 Å². The summed E-state index contributed by atoms with van der Waals surface area (Å²) in [6.45, 7) is 0.354. The van der Waals surface area contributed by atoms with Crippen LogP contribution < -0.4 is 10.2 Å². The Bertz CT molecular complexity index is 855. The van der Waals surface area contributed by atoms with Crippen LogP contribution >= 0.6 is 12.4 Å². The summed E-state index contributed by atoms with van der Waals surface area (Å²) in [5.74, 6) is -0.317. The third kappa shape index (κ3) is 3.67. The van der Waals surface area contributed by atoms with Crippen molar-refractivity contribution in [1.82, 2.24) is 5.32 Å². The van der Waals surface area contributed by atoms with Crippen molar-refractivity contribution in [2.45, 2.75) is 49.7 Å². The van der Waals surface area contributed by atoms with E-state index in [0.717, 1.165) is 48.9 Å². The van der Waals surface area contributed by atoms with Crippen LogP contribution in [0.15, 0.2) is 48.5 Å². The van der Waals surface area contributed by atoms with E-state index in [1.54, 1.807) is 18.0 Å². The number of halogens is 2. The number of likely N-dealkylation sites (N-methyl/N-ethyl adjacent to an activating group) is 1. The number of nitrogens with one attached hydrogen (secondary N) is 1. The topological polar surface area (TPSA) is 52.6 Å². The number of nitrogens with zero attached hydrogens (tertiary/aromatic N) is 1. The van der Waals surface area contributed by atoms with E-state index < -0.39 is 17.6 Å². The number of aliphatic hydroxyl groups excluding tert-OH is 1. The van der Waals surface area contributed by atoms with Crippen molar-refractivity contribution in [3.8, 4) is 0 Å². The lowest BCUT2D eigenvalue weighted by Crippen LogP contribution is -2.47. The Hall–Kier alpha value is -1.95. The van der Waals surface area contributed by atoms with Crippen LogP contribution in [0.2, 0.25) is 0 Å². The van der Waals surface area contributed by atoms with Crippen molar-refractivity contribution < 1.29 is 14.3 Å². The van der Waals surface area contributed by atoms with Gasteiger partial charge in [-0.3, -0.25) is 4.79 Å². The highest BCUT2D eigenvalue weighted by Gasteiger charge is 2.53. The monoisotopic (exact) mass is 418 g/mol. The van der Waals surface area contributed by atoms with Crippen LogP contribution in [0.25, 0.3) is 0 Å². The number of aliphatic hydroxyl groups is 1. The second-order valence-corrected chi connectivity index (χ2v) is 7.96. The number of carbonyl (C=O) groups excluding carboxylic acids is 1. The minimum atomic E-state index is -0.784. The molecule has 1 amide bonds. The number of benzene rings is 2. The zero-order valence-corrected chi connectivity index (χ0v) is 17.4. The van der Waals surface area contributed by atoms with Crippen molar-refractivity contribution in [2.24, 2.45) is 0 Å². The van der Waals surface area contributed by atoms with Gasteiger partial charge in [-0.15, -0.1) is 12.4 Å². The molecule has 156 valence electrons. The molecular formula is C23H28ClFN2O2. The van der Waals surface area contributed by atoms with Gasteiger partial charge < -0.3 is 15.3 Å². The van der Waals surface area contributed by atoms with Gasteiger partial charge in [0.05, 0.1) is 17.6 Å². The van der Waals surface area contributed by atoms with Crippen molar-refractivity contribution in [1.29, 1.82) is 0 Å². The van der Waals surface area contributed by atoms with Crippen LogP contribution in [0.5, 0.6) is 0 Å². The molecular weight excluding hydrogens is 391 g/mol. The van der Waals surface area contributed by atoms with Crippen LogP contribution in [0.4, 0.5) is 10.1 Å². The van der Waals surface area contributed by atoms with E-state index in [4.69, 9.17) is 0 Å².